The van der Waals surface area contributed by atoms with Crippen molar-refractivity contribution in [3.8, 4) is 78.6 Å². The second kappa shape index (κ2) is 22.5. The van der Waals surface area contributed by atoms with Gasteiger partial charge in [0.1, 0.15) is 11.6 Å². The van der Waals surface area contributed by atoms with Crippen LogP contribution in [0.5, 0.6) is 5.75 Å². The number of para-hydroxylation sites is 1. The van der Waals surface area contributed by atoms with Gasteiger partial charge in [-0.25, -0.2) is 4.98 Å². The third kappa shape index (κ3) is 11.2. The van der Waals surface area contributed by atoms with E-state index >= 15 is 0 Å². The number of rotatable bonds is 11. The Morgan fingerprint density at radius 2 is 1.13 bits per heavy atom. The van der Waals surface area contributed by atoms with Gasteiger partial charge in [-0.3, -0.25) is 9.55 Å². The van der Waals surface area contributed by atoms with E-state index < -0.39 is 18.2 Å². The Hall–Kier alpha value is -7.13. The zero-order chi connectivity index (χ0) is 57.2. The molecule has 4 nitrogen and oxygen atoms in total. The van der Waals surface area contributed by atoms with Crippen LogP contribution in [0.3, 0.4) is 0 Å². The molecule has 2 saturated carbocycles. The third-order valence-corrected chi connectivity index (χ3v) is 16.4. The van der Waals surface area contributed by atoms with E-state index in [-0.39, 0.29) is 43.6 Å². The second-order valence-corrected chi connectivity index (χ2v) is 23.7. The Morgan fingerprint density at radius 1 is 0.544 bits per heavy atom. The summed E-state index contributed by atoms with van der Waals surface area (Å²) < 4.78 is 40.2. The molecule has 0 unspecified atom stereocenters. The molecule has 2 aliphatic carbocycles. The molecule has 0 atom stereocenters. The van der Waals surface area contributed by atoms with Crippen molar-refractivity contribution in [2.75, 3.05) is 0 Å². The summed E-state index contributed by atoms with van der Waals surface area (Å²) in [4.78, 5) is 10.7. The molecule has 2 fully saturated rings. The number of hydrogen-bond acceptors (Lipinski definition) is 3. The third-order valence-electron chi connectivity index (χ3n) is 16.4. The molecule has 0 amide bonds. The summed E-state index contributed by atoms with van der Waals surface area (Å²) in [7, 11) is 0. The van der Waals surface area contributed by atoms with Crippen LogP contribution in [-0.4, -0.2) is 19.6 Å². The summed E-state index contributed by atoms with van der Waals surface area (Å²) in [5.74, 6) is -0.780. The Bertz CT molecular complexity index is 3960. The fourth-order valence-corrected chi connectivity index (χ4v) is 11.8. The summed E-state index contributed by atoms with van der Waals surface area (Å²) in [5, 5.41) is 12.8. The van der Waals surface area contributed by atoms with Crippen LogP contribution in [0.25, 0.3) is 83.9 Å². The molecular weight excluding hydrogens is 1140 g/mol. The van der Waals surface area contributed by atoms with Crippen molar-refractivity contribution in [1.29, 1.82) is 0 Å². The number of aromatic hydroxyl groups is 1. The molecule has 79 heavy (non-hydrogen) atoms. The first kappa shape index (κ1) is 49.0. The monoisotopic (exact) mass is 1220 g/mol. The molecule has 5 heteroatoms. The van der Waals surface area contributed by atoms with Crippen LogP contribution in [0.15, 0.2) is 194 Å². The van der Waals surface area contributed by atoms with Crippen LogP contribution in [0.2, 0.25) is 0 Å². The first-order valence-electron chi connectivity index (χ1n) is 30.1. The number of fused-ring (bicyclic) bond motifs is 1. The van der Waals surface area contributed by atoms with E-state index in [0.29, 0.717) is 42.6 Å². The van der Waals surface area contributed by atoms with Crippen molar-refractivity contribution in [2.24, 2.45) is 5.92 Å². The fraction of sp³-hybridized carbons (Fsp3) is 0.270. The number of hydrogen-bond donors (Lipinski definition) is 1. The molecule has 0 saturated heterocycles. The molecule has 12 rings (SSSR count). The van der Waals surface area contributed by atoms with Crippen molar-refractivity contribution in [3.63, 3.8) is 0 Å². The van der Waals surface area contributed by atoms with E-state index in [2.05, 4.69) is 161 Å². The van der Waals surface area contributed by atoms with Crippen LogP contribution in [0, 0.1) is 12.0 Å². The van der Waals surface area contributed by atoms with E-state index in [1.807, 2.05) is 85.1 Å². The number of phenolic OH excluding ortho intramolecular Hbond substituents is 1. The zero-order valence-corrected chi connectivity index (χ0v) is 48.6. The van der Waals surface area contributed by atoms with Gasteiger partial charge in [0, 0.05) is 49.6 Å². The van der Waals surface area contributed by atoms with Gasteiger partial charge in [-0.05, 0) is 141 Å². The smallest absolute Gasteiger partial charge is 0.148 e. The van der Waals surface area contributed by atoms with Crippen LogP contribution in [-0.2, 0) is 38.3 Å². The zero-order valence-electron chi connectivity index (χ0n) is 50.3. The standard InChI is InChI=1S/C74H72N3O.Pt/c1-73(2,3)61-44-59(43-60(45-61)67-46-58(39-40-75-67)55-36-34-54(35-37-55)53-32-30-52(31-33-53)51-21-10-7-11-22-51)63-27-18-28-69-70(63)76-72(66-48-62(74(4,5)6)47-65(71(66)78)57-25-14-9-15-26-57)77(69)68-38-29-50(41-49-19-16-17-20-49)42-64(68)56-23-12-8-13-24-56;/h7-15,18,21-29,34-40,42,44-49,52-53,78H,16-17,19-20,30-33,41H2,1-6H3;/q-1;/i41D2,52D,53D;. The van der Waals surface area contributed by atoms with Crippen LogP contribution in [0.4, 0.5) is 0 Å². The summed E-state index contributed by atoms with van der Waals surface area (Å²) in [5.41, 5.74) is 16.2. The van der Waals surface area contributed by atoms with E-state index in [1.54, 1.807) is 0 Å². The largest absolute Gasteiger partial charge is 0.507 e. The predicted molar refractivity (Wildman–Crippen MR) is 325 cm³/mol. The van der Waals surface area contributed by atoms with E-state index in [0.717, 1.165) is 120 Å². The topological polar surface area (TPSA) is 50.9 Å². The number of pyridine rings is 1. The summed E-state index contributed by atoms with van der Waals surface area (Å²) in [6.45, 7) is 13.3. The van der Waals surface area contributed by atoms with E-state index in [9.17, 15) is 10.6 Å². The fourth-order valence-electron chi connectivity index (χ4n) is 11.8. The molecule has 0 aliphatic heterocycles. The molecule has 2 aromatic heterocycles. The maximum Gasteiger partial charge on any atom is 0.148 e. The van der Waals surface area contributed by atoms with Crippen LogP contribution < -0.4 is 0 Å². The Labute approximate surface area is 489 Å². The van der Waals surface area contributed by atoms with Gasteiger partial charge in [-0.2, -0.15) is 0 Å². The Kier molecular flexibility index (Phi) is 14.0. The first-order valence-corrected chi connectivity index (χ1v) is 28.1. The van der Waals surface area contributed by atoms with Crippen molar-refractivity contribution in [3.05, 3.63) is 228 Å². The predicted octanol–water partition coefficient (Wildman–Crippen LogP) is 19.7. The minimum absolute atomic E-state index is 0. The number of aromatic nitrogens is 3. The van der Waals surface area contributed by atoms with Gasteiger partial charge in [0.25, 0.3) is 0 Å². The quantitative estimate of drug-likeness (QED) is 0.131. The Balaban J connectivity index is 0.00000721. The molecule has 2 heterocycles. The van der Waals surface area contributed by atoms with Crippen molar-refractivity contribution < 1.29 is 31.7 Å². The van der Waals surface area contributed by atoms with Crippen molar-refractivity contribution in [2.45, 2.75) is 122 Å². The number of imidazole rings is 1. The molecule has 1 N–H and O–H groups in total. The molecule has 0 radical (unpaired) electrons. The van der Waals surface area contributed by atoms with Gasteiger partial charge in [0.2, 0.25) is 0 Å². The molecular formula is C74H72N3OPt-. The van der Waals surface area contributed by atoms with Crippen LogP contribution >= 0.6 is 0 Å². The van der Waals surface area contributed by atoms with Gasteiger partial charge in [-0.1, -0.05) is 218 Å². The molecule has 0 spiro atoms. The molecule has 2 aliphatic rings. The van der Waals surface area contributed by atoms with Crippen molar-refractivity contribution in [1.82, 2.24) is 14.5 Å². The normalized spacial score (nSPS) is 18.8. The summed E-state index contributed by atoms with van der Waals surface area (Å²) in [6.07, 6.45) is 6.71. The minimum atomic E-state index is -1.53. The van der Waals surface area contributed by atoms with Crippen LogP contribution in [0.1, 0.15) is 138 Å². The molecule has 10 aromatic rings. The first-order chi connectivity index (χ1) is 39.3. The maximum absolute atomic E-state index is 12.8. The molecule has 0 bridgehead atoms. The second-order valence-electron chi connectivity index (χ2n) is 23.7. The van der Waals surface area contributed by atoms with Gasteiger partial charge in [0.05, 0.1) is 22.3 Å². The van der Waals surface area contributed by atoms with Gasteiger partial charge >= 0.3 is 0 Å². The number of nitrogens with zero attached hydrogens (tertiary/aromatic N) is 3. The number of benzene rings is 8. The SMILES string of the molecule is [2H]C1(c2ccccc2)CCC([2H])(c2ccc(-c3ccnc(-c4[c-]c(-c5cccc6c5nc(-c5cc(C(C)(C)C)cc(-c7ccccc7)c5O)n6-c5ccc(C([2H])([2H])C6CCCC6)cc5-c5ccccc5)cc(C(C)(C)C)c4)c3)cc2)CC1.[Pt]. The number of phenols is 1. The van der Waals surface area contributed by atoms with E-state index in [1.165, 1.54) is 0 Å². The van der Waals surface area contributed by atoms with Gasteiger partial charge in [-0.15, -0.1) is 29.3 Å². The van der Waals surface area contributed by atoms with E-state index in [4.69, 9.17) is 9.97 Å². The van der Waals surface area contributed by atoms with Gasteiger partial charge < -0.3 is 5.11 Å². The average Bonchev–Trinajstić information content (AvgIpc) is 4.42. The Morgan fingerprint density at radius 3 is 1.77 bits per heavy atom. The van der Waals surface area contributed by atoms with Gasteiger partial charge in [0.15, 0.2) is 0 Å². The maximum atomic E-state index is 12.8. The molecule has 8 aromatic carbocycles. The summed E-state index contributed by atoms with van der Waals surface area (Å²) in [6, 6.07) is 68.0. The average molecular weight is 1220 g/mol. The minimum Gasteiger partial charge on any atom is -0.507 e. The summed E-state index contributed by atoms with van der Waals surface area (Å²) >= 11 is 0. The van der Waals surface area contributed by atoms with Crippen molar-refractivity contribution >= 4 is 11.0 Å². The molecule has 400 valence electrons.